The summed E-state index contributed by atoms with van der Waals surface area (Å²) >= 11 is 1.60. The van der Waals surface area contributed by atoms with E-state index >= 15 is 0 Å². The Balaban J connectivity index is 1.74. The Hall–Kier alpha value is -2.73. The molecule has 2 heterocycles. The first-order valence-corrected chi connectivity index (χ1v) is 9.03. The smallest absolute Gasteiger partial charge is 0.151 e. The third-order valence-electron chi connectivity index (χ3n) is 4.36. The molecule has 4 rings (SSSR count). The lowest BCUT2D eigenvalue weighted by Gasteiger charge is -2.23. The predicted octanol–water partition coefficient (Wildman–Crippen LogP) is 5.39. The summed E-state index contributed by atoms with van der Waals surface area (Å²) in [4.78, 5) is 1.08. The molecule has 0 aliphatic carbocycles. The minimum atomic E-state index is -0.619. The Kier molecular flexibility index (Phi) is 4.42. The fourth-order valence-electron chi connectivity index (χ4n) is 3.06. The number of hydrogen-bond donors (Lipinski definition) is 0. The van der Waals surface area contributed by atoms with Gasteiger partial charge in [-0.15, -0.1) is 11.3 Å². The number of benzene rings is 2. The molecule has 0 bridgehead atoms. The summed E-state index contributed by atoms with van der Waals surface area (Å²) in [6.07, 6.45) is 0.643. The van der Waals surface area contributed by atoms with Crippen LogP contribution in [0.5, 0.6) is 5.75 Å². The minimum absolute atomic E-state index is 0.118. The van der Waals surface area contributed by atoms with Gasteiger partial charge in [0.25, 0.3) is 0 Å². The highest BCUT2D eigenvalue weighted by Gasteiger charge is 2.32. The van der Waals surface area contributed by atoms with Gasteiger partial charge in [0.2, 0.25) is 0 Å². The first-order valence-electron chi connectivity index (χ1n) is 8.15. The van der Waals surface area contributed by atoms with E-state index in [1.54, 1.807) is 23.5 Å². The molecule has 132 valence electrons. The van der Waals surface area contributed by atoms with Crippen LogP contribution in [0, 0.1) is 11.6 Å². The second kappa shape index (κ2) is 6.88. The van der Waals surface area contributed by atoms with Gasteiger partial charge in [0, 0.05) is 17.4 Å². The van der Waals surface area contributed by atoms with E-state index < -0.39 is 11.6 Å². The molecule has 3 aromatic rings. The van der Waals surface area contributed by atoms with E-state index in [9.17, 15) is 8.78 Å². The second-order valence-electron chi connectivity index (χ2n) is 5.95. The molecular weight excluding hydrogens is 354 g/mol. The Morgan fingerprint density at radius 1 is 1.12 bits per heavy atom. The molecule has 1 aliphatic rings. The Bertz CT molecular complexity index is 939. The van der Waals surface area contributed by atoms with Crippen LogP contribution >= 0.6 is 11.3 Å². The summed E-state index contributed by atoms with van der Waals surface area (Å²) in [5.41, 5.74) is 2.08. The molecule has 1 aromatic heterocycles. The van der Waals surface area contributed by atoms with Gasteiger partial charge in [0.05, 0.1) is 24.6 Å². The van der Waals surface area contributed by atoms with Gasteiger partial charge in [-0.25, -0.2) is 8.78 Å². The van der Waals surface area contributed by atoms with Gasteiger partial charge in [0.15, 0.2) is 5.82 Å². The molecule has 0 radical (unpaired) electrons. The van der Waals surface area contributed by atoms with E-state index in [1.807, 2.05) is 41.8 Å². The first-order chi connectivity index (χ1) is 12.7. The van der Waals surface area contributed by atoms with Crippen molar-refractivity contribution in [2.45, 2.75) is 12.5 Å². The minimum Gasteiger partial charge on any atom is -0.497 e. The normalized spacial score (nSPS) is 16.7. The SMILES string of the molecule is COc1ccc(C2=NN(c3ccc(F)cc3F)[C@@H](c3cccs3)C2)cc1. The number of hydrogen-bond acceptors (Lipinski definition) is 4. The maximum absolute atomic E-state index is 14.4. The molecule has 0 saturated heterocycles. The number of anilines is 1. The van der Waals surface area contributed by atoms with Gasteiger partial charge in [-0.05, 0) is 53.4 Å². The number of methoxy groups -OCH3 is 1. The van der Waals surface area contributed by atoms with Crippen LogP contribution < -0.4 is 9.75 Å². The topological polar surface area (TPSA) is 24.8 Å². The van der Waals surface area contributed by atoms with Crippen LogP contribution in [0.1, 0.15) is 22.9 Å². The van der Waals surface area contributed by atoms with Crippen LogP contribution in [0.25, 0.3) is 0 Å². The van der Waals surface area contributed by atoms with Crippen LogP contribution in [0.15, 0.2) is 65.1 Å². The summed E-state index contributed by atoms with van der Waals surface area (Å²) < 4.78 is 32.9. The lowest BCUT2D eigenvalue weighted by molar-refractivity contribution is 0.415. The van der Waals surface area contributed by atoms with Crippen molar-refractivity contribution in [2.75, 3.05) is 12.1 Å². The summed E-state index contributed by atoms with van der Waals surface area (Å²) in [7, 11) is 1.62. The van der Waals surface area contributed by atoms with Gasteiger partial charge in [-0.3, -0.25) is 5.01 Å². The van der Waals surface area contributed by atoms with Crippen LogP contribution in [0.2, 0.25) is 0 Å². The number of ether oxygens (including phenoxy) is 1. The highest BCUT2D eigenvalue weighted by Crippen LogP contribution is 2.39. The van der Waals surface area contributed by atoms with Crippen molar-refractivity contribution in [3.8, 4) is 5.75 Å². The maximum atomic E-state index is 14.4. The molecule has 0 unspecified atom stereocenters. The lowest BCUT2D eigenvalue weighted by atomic mass is 10.0. The van der Waals surface area contributed by atoms with E-state index in [2.05, 4.69) is 5.10 Å². The van der Waals surface area contributed by atoms with E-state index in [0.29, 0.717) is 6.42 Å². The third-order valence-corrected chi connectivity index (χ3v) is 5.34. The van der Waals surface area contributed by atoms with Crippen LogP contribution in [-0.2, 0) is 0 Å². The predicted molar refractivity (Wildman–Crippen MR) is 100 cm³/mol. The molecule has 3 nitrogen and oxygen atoms in total. The number of rotatable bonds is 4. The fraction of sp³-hybridized carbons (Fsp3) is 0.150. The van der Waals surface area contributed by atoms with Crippen molar-refractivity contribution < 1.29 is 13.5 Å². The third kappa shape index (κ3) is 3.08. The van der Waals surface area contributed by atoms with Crippen molar-refractivity contribution in [1.29, 1.82) is 0 Å². The summed E-state index contributed by atoms with van der Waals surface area (Å²) in [6.45, 7) is 0. The molecule has 2 aromatic carbocycles. The standard InChI is InChI=1S/C20H16F2N2OS/c1-25-15-7-4-13(5-8-15)17-12-19(20-3-2-10-26-20)24(23-17)18-9-6-14(21)11-16(18)22/h2-11,19H,12H2,1H3/t19-/m1/s1. The Morgan fingerprint density at radius 2 is 1.92 bits per heavy atom. The van der Waals surface area contributed by atoms with E-state index in [1.165, 1.54) is 12.1 Å². The monoisotopic (exact) mass is 370 g/mol. The van der Waals surface area contributed by atoms with Crippen molar-refractivity contribution in [2.24, 2.45) is 5.10 Å². The highest BCUT2D eigenvalue weighted by molar-refractivity contribution is 7.10. The summed E-state index contributed by atoms with van der Waals surface area (Å²) in [6, 6.07) is 15.1. The zero-order valence-corrected chi connectivity index (χ0v) is 14.8. The number of hydrazone groups is 1. The molecule has 1 aliphatic heterocycles. The van der Waals surface area contributed by atoms with Crippen molar-refractivity contribution in [3.05, 3.63) is 82.1 Å². The Morgan fingerprint density at radius 3 is 2.58 bits per heavy atom. The van der Waals surface area contributed by atoms with Gasteiger partial charge in [-0.1, -0.05) is 6.07 Å². The zero-order chi connectivity index (χ0) is 18.1. The second-order valence-corrected chi connectivity index (χ2v) is 6.93. The number of halogens is 2. The molecule has 0 fully saturated rings. The molecule has 1 atom stereocenters. The average Bonchev–Trinajstić information content (AvgIpc) is 3.31. The van der Waals surface area contributed by atoms with E-state index in [0.717, 1.165) is 28.0 Å². The van der Waals surface area contributed by atoms with E-state index in [4.69, 9.17) is 4.74 Å². The molecule has 0 saturated carbocycles. The molecule has 0 N–H and O–H groups in total. The molecule has 26 heavy (non-hydrogen) atoms. The van der Waals surface area contributed by atoms with E-state index in [-0.39, 0.29) is 11.7 Å². The van der Waals surface area contributed by atoms with Crippen molar-refractivity contribution in [1.82, 2.24) is 0 Å². The molecular formula is C20H16F2N2OS. The molecule has 6 heteroatoms. The van der Waals surface area contributed by atoms with Crippen LogP contribution in [0.3, 0.4) is 0 Å². The van der Waals surface area contributed by atoms with Gasteiger partial charge < -0.3 is 4.74 Å². The summed E-state index contributed by atoms with van der Waals surface area (Å²) in [5.74, 6) is -0.452. The fourth-order valence-corrected chi connectivity index (χ4v) is 3.87. The quantitative estimate of drug-likeness (QED) is 0.615. The lowest BCUT2D eigenvalue weighted by Crippen LogP contribution is -2.18. The van der Waals surface area contributed by atoms with Gasteiger partial charge in [0.1, 0.15) is 11.6 Å². The molecule has 0 spiro atoms. The zero-order valence-electron chi connectivity index (χ0n) is 14.0. The average molecular weight is 370 g/mol. The van der Waals surface area contributed by atoms with Gasteiger partial charge >= 0.3 is 0 Å². The first kappa shape index (κ1) is 16.7. The van der Waals surface area contributed by atoms with Crippen LogP contribution in [-0.4, -0.2) is 12.8 Å². The number of nitrogens with zero attached hydrogens (tertiary/aromatic N) is 2. The number of thiophene rings is 1. The largest absolute Gasteiger partial charge is 0.497 e. The summed E-state index contributed by atoms with van der Waals surface area (Å²) in [5, 5.41) is 8.30. The Labute approximate surface area is 154 Å². The molecule has 0 amide bonds. The van der Waals surface area contributed by atoms with Crippen LogP contribution in [0.4, 0.5) is 14.5 Å². The van der Waals surface area contributed by atoms with Crippen molar-refractivity contribution >= 4 is 22.7 Å². The maximum Gasteiger partial charge on any atom is 0.151 e. The highest BCUT2D eigenvalue weighted by atomic mass is 32.1. The van der Waals surface area contributed by atoms with Gasteiger partial charge in [-0.2, -0.15) is 5.10 Å². The van der Waals surface area contributed by atoms with Crippen molar-refractivity contribution in [3.63, 3.8) is 0 Å².